The van der Waals surface area contributed by atoms with Crippen LogP contribution in [0.25, 0.3) is 0 Å². The molecular weight excluding hydrogens is 238 g/mol. The Hall–Kier alpha value is -0.580. The van der Waals surface area contributed by atoms with Gasteiger partial charge in [0.05, 0.1) is 18.9 Å². The highest BCUT2D eigenvalue weighted by Crippen LogP contribution is 2.13. The van der Waals surface area contributed by atoms with Crippen LogP contribution in [0.2, 0.25) is 0 Å². The molecule has 2 atom stereocenters. The molecule has 0 aliphatic carbocycles. The van der Waals surface area contributed by atoms with E-state index in [1.165, 1.54) is 5.56 Å². The first kappa shape index (κ1) is 12.9. The van der Waals surface area contributed by atoms with Crippen LogP contribution >= 0.6 is 11.6 Å². The van der Waals surface area contributed by atoms with Crippen molar-refractivity contribution in [1.82, 2.24) is 14.7 Å². The molecule has 0 amide bonds. The minimum Gasteiger partial charge on any atom is -0.374 e. The fourth-order valence-electron chi connectivity index (χ4n) is 2.15. The zero-order chi connectivity index (χ0) is 12.3. The predicted molar refractivity (Wildman–Crippen MR) is 68.4 cm³/mol. The third-order valence-electron chi connectivity index (χ3n) is 3.25. The number of aryl methyl sites for hydroxylation is 1. The highest BCUT2D eigenvalue weighted by atomic mass is 35.5. The zero-order valence-electron chi connectivity index (χ0n) is 10.5. The van der Waals surface area contributed by atoms with E-state index in [9.17, 15) is 0 Å². The van der Waals surface area contributed by atoms with Gasteiger partial charge in [0.15, 0.2) is 0 Å². The van der Waals surface area contributed by atoms with Crippen molar-refractivity contribution in [3.8, 4) is 0 Å². The van der Waals surface area contributed by atoms with Crippen LogP contribution in [0.15, 0.2) is 12.4 Å². The summed E-state index contributed by atoms with van der Waals surface area (Å²) >= 11 is 5.85. The summed E-state index contributed by atoms with van der Waals surface area (Å²) in [6, 6.07) is 0.478. The van der Waals surface area contributed by atoms with Gasteiger partial charge < -0.3 is 4.74 Å². The van der Waals surface area contributed by atoms with Gasteiger partial charge >= 0.3 is 0 Å². The molecule has 0 radical (unpaired) electrons. The van der Waals surface area contributed by atoms with Gasteiger partial charge in [-0.15, -0.1) is 11.6 Å². The number of halogens is 1. The largest absolute Gasteiger partial charge is 0.374 e. The van der Waals surface area contributed by atoms with Crippen LogP contribution in [0, 0.1) is 0 Å². The second kappa shape index (κ2) is 5.85. The third kappa shape index (κ3) is 3.44. The van der Waals surface area contributed by atoms with Gasteiger partial charge in [-0.25, -0.2) is 0 Å². The first-order valence-electron chi connectivity index (χ1n) is 6.08. The van der Waals surface area contributed by atoms with Crippen molar-refractivity contribution in [2.75, 3.05) is 25.6 Å². The summed E-state index contributed by atoms with van der Waals surface area (Å²) in [5.74, 6) is 0.579. The number of morpholine rings is 1. The molecule has 96 valence electrons. The summed E-state index contributed by atoms with van der Waals surface area (Å²) in [7, 11) is 1.95. The lowest BCUT2D eigenvalue weighted by Gasteiger charge is -2.37. The summed E-state index contributed by atoms with van der Waals surface area (Å²) in [6.07, 6.45) is 5.23. The van der Waals surface area contributed by atoms with Crippen molar-refractivity contribution in [3.63, 3.8) is 0 Å². The minimum atomic E-state index is 0.182. The van der Waals surface area contributed by atoms with Crippen molar-refractivity contribution >= 4 is 11.6 Å². The SMILES string of the molecule is CC1COC(CCl)CN1CCc1cnn(C)c1. The molecule has 1 aliphatic rings. The number of alkyl halides is 1. The van der Waals surface area contributed by atoms with Gasteiger partial charge in [0.1, 0.15) is 0 Å². The van der Waals surface area contributed by atoms with Gasteiger partial charge in [-0.3, -0.25) is 9.58 Å². The second-order valence-electron chi connectivity index (χ2n) is 4.73. The summed E-state index contributed by atoms with van der Waals surface area (Å²) in [6.45, 7) is 4.96. The van der Waals surface area contributed by atoms with Crippen LogP contribution in [-0.4, -0.2) is 52.4 Å². The summed E-state index contributed by atoms with van der Waals surface area (Å²) in [4.78, 5) is 2.45. The number of nitrogens with zero attached hydrogens (tertiary/aromatic N) is 3. The molecule has 1 fully saturated rings. The number of ether oxygens (including phenoxy) is 1. The predicted octanol–water partition coefficient (Wildman–Crippen LogP) is 1.29. The molecule has 1 aromatic heterocycles. The molecule has 2 heterocycles. The van der Waals surface area contributed by atoms with Crippen LogP contribution in [0.1, 0.15) is 12.5 Å². The number of hydrogen-bond acceptors (Lipinski definition) is 3. The van der Waals surface area contributed by atoms with E-state index in [1.807, 2.05) is 17.9 Å². The topological polar surface area (TPSA) is 30.3 Å². The number of hydrogen-bond donors (Lipinski definition) is 0. The maximum absolute atomic E-state index is 5.85. The standard InChI is InChI=1S/C12H20ClN3O/c1-10-9-17-12(5-13)8-16(10)4-3-11-6-14-15(2)7-11/h6-7,10,12H,3-5,8-9H2,1-2H3. The molecule has 0 aromatic carbocycles. The fraction of sp³-hybridized carbons (Fsp3) is 0.750. The van der Waals surface area contributed by atoms with Crippen molar-refractivity contribution in [3.05, 3.63) is 18.0 Å². The molecule has 2 rings (SSSR count). The molecule has 0 N–H and O–H groups in total. The Bertz CT molecular complexity index is 355. The van der Waals surface area contributed by atoms with Crippen molar-refractivity contribution in [2.24, 2.45) is 7.05 Å². The van der Waals surface area contributed by atoms with E-state index in [0.29, 0.717) is 11.9 Å². The molecule has 2 unspecified atom stereocenters. The van der Waals surface area contributed by atoms with Crippen LogP contribution < -0.4 is 0 Å². The van der Waals surface area contributed by atoms with E-state index in [1.54, 1.807) is 0 Å². The lowest BCUT2D eigenvalue weighted by atomic mass is 10.1. The first-order chi connectivity index (χ1) is 8.19. The van der Waals surface area contributed by atoms with Gasteiger partial charge in [0.2, 0.25) is 0 Å². The van der Waals surface area contributed by atoms with Gasteiger partial charge in [-0.05, 0) is 18.9 Å². The van der Waals surface area contributed by atoms with E-state index in [-0.39, 0.29) is 6.10 Å². The van der Waals surface area contributed by atoms with Crippen LogP contribution in [0.5, 0.6) is 0 Å². The Morgan fingerprint density at radius 2 is 2.41 bits per heavy atom. The van der Waals surface area contributed by atoms with Gasteiger partial charge in [-0.2, -0.15) is 5.10 Å². The van der Waals surface area contributed by atoms with Gasteiger partial charge in [0.25, 0.3) is 0 Å². The highest BCUT2D eigenvalue weighted by molar-refractivity contribution is 6.18. The maximum Gasteiger partial charge on any atom is 0.0837 e. The summed E-state index contributed by atoms with van der Waals surface area (Å²) < 4.78 is 7.48. The molecule has 0 saturated carbocycles. The summed E-state index contributed by atoms with van der Waals surface area (Å²) in [5, 5.41) is 4.18. The smallest absolute Gasteiger partial charge is 0.0837 e. The Morgan fingerprint density at radius 3 is 3.06 bits per heavy atom. The molecule has 1 aliphatic heterocycles. The van der Waals surface area contributed by atoms with E-state index >= 15 is 0 Å². The number of aromatic nitrogens is 2. The average molecular weight is 258 g/mol. The molecule has 5 heteroatoms. The minimum absolute atomic E-state index is 0.182. The van der Waals surface area contributed by atoms with Crippen molar-refractivity contribution in [2.45, 2.75) is 25.5 Å². The summed E-state index contributed by atoms with van der Waals surface area (Å²) in [5.41, 5.74) is 1.29. The zero-order valence-corrected chi connectivity index (χ0v) is 11.2. The molecule has 0 bridgehead atoms. The Labute approximate surface area is 107 Å². The second-order valence-corrected chi connectivity index (χ2v) is 5.03. The Morgan fingerprint density at radius 1 is 1.59 bits per heavy atom. The molecular formula is C12H20ClN3O. The van der Waals surface area contributed by atoms with E-state index in [4.69, 9.17) is 16.3 Å². The molecule has 1 aromatic rings. The van der Waals surface area contributed by atoms with E-state index < -0.39 is 0 Å². The Balaban J connectivity index is 1.84. The lowest BCUT2D eigenvalue weighted by molar-refractivity contribution is -0.0471. The normalized spacial score (nSPS) is 26.3. The van der Waals surface area contributed by atoms with Gasteiger partial charge in [0, 0.05) is 38.3 Å². The quantitative estimate of drug-likeness (QED) is 0.762. The molecule has 17 heavy (non-hydrogen) atoms. The van der Waals surface area contributed by atoms with Crippen molar-refractivity contribution in [1.29, 1.82) is 0 Å². The average Bonchev–Trinajstić information content (AvgIpc) is 2.74. The van der Waals surface area contributed by atoms with Crippen molar-refractivity contribution < 1.29 is 4.74 Å². The molecule has 4 nitrogen and oxygen atoms in total. The number of rotatable bonds is 4. The Kier molecular flexibility index (Phi) is 4.42. The van der Waals surface area contributed by atoms with Gasteiger partial charge in [-0.1, -0.05) is 0 Å². The van der Waals surface area contributed by atoms with E-state index in [0.717, 1.165) is 26.1 Å². The lowest BCUT2D eigenvalue weighted by Crippen LogP contribution is -2.49. The monoisotopic (exact) mass is 257 g/mol. The van der Waals surface area contributed by atoms with Crippen LogP contribution in [0.3, 0.4) is 0 Å². The van der Waals surface area contributed by atoms with Crippen LogP contribution in [-0.2, 0) is 18.2 Å². The van der Waals surface area contributed by atoms with E-state index in [2.05, 4.69) is 23.1 Å². The first-order valence-corrected chi connectivity index (χ1v) is 6.61. The molecule has 0 spiro atoms. The maximum atomic E-state index is 5.85. The van der Waals surface area contributed by atoms with Crippen LogP contribution in [0.4, 0.5) is 0 Å². The highest BCUT2D eigenvalue weighted by Gasteiger charge is 2.24. The molecule has 1 saturated heterocycles. The third-order valence-corrected chi connectivity index (χ3v) is 3.60. The fourth-order valence-corrected chi connectivity index (χ4v) is 2.34.